The van der Waals surface area contributed by atoms with Gasteiger partial charge in [-0.05, 0) is 25.1 Å². The molecule has 0 aliphatic carbocycles. The molecule has 0 radical (unpaired) electrons. The molecule has 0 aliphatic rings. The zero-order valence-electron chi connectivity index (χ0n) is 10.2. The highest BCUT2D eigenvalue weighted by Crippen LogP contribution is 2.20. The van der Waals surface area contributed by atoms with Gasteiger partial charge in [-0.2, -0.15) is 0 Å². The fraction of sp³-hybridized carbons (Fsp3) is 0.214. The van der Waals surface area contributed by atoms with Gasteiger partial charge in [-0.3, -0.25) is 4.79 Å². The highest BCUT2D eigenvalue weighted by Gasteiger charge is 2.00. The topological polar surface area (TPSA) is 38.3 Å². The lowest BCUT2D eigenvalue weighted by Crippen LogP contribution is -2.20. The Morgan fingerprint density at radius 2 is 2.29 bits per heavy atom. The summed E-state index contributed by atoms with van der Waals surface area (Å²) in [6.45, 7) is 5.99. The van der Waals surface area contributed by atoms with Crippen molar-refractivity contribution in [1.29, 1.82) is 0 Å². The van der Waals surface area contributed by atoms with Crippen molar-refractivity contribution in [1.82, 2.24) is 5.32 Å². The van der Waals surface area contributed by atoms with Crippen molar-refractivity contribution in [2.24, 2.45) is 0 Å². The van der Waals surface area contributed by atoms with Crippen LogP contribution in [-0.2, 0) is 4.79 Å². The monoisotopic (exact) mass is 231 g/mol. The van der Waals surface area contributed by atoms with Crippen LogP contribution < -0.4 is 10.1 Å². The van der Waals surface area contributed by atoms with E-state index in [0.29, 0.717) is 6.54 Å². The van der Waals surface area contributed by atoms with Gasteiger partial charge in [0.2, 0.25) is 5.91 Å². The van der Waals surface area contributed by atoms with Crippen LogP contribution in [0.15, 0.2) is 36.9 Å². The molecular formula is C14H17NO2. The van der Waals surface area contributed by atoms with Crippen molar-refractivity contribution in [3.8, 4) is 5.75 Å². The van der Waals surface area contributed by atoms with E-state index >= 15 is 0 Å². The molecule has 90 valence electrons. The van der Waals surface area contributed by atoms with E-state index in [1.165, 1.54) is 6.08 Å². The second kappa shape index (κ2) is 6.53. The lowest BCUT2D eigenvalue weighted by Gasteiger charge is -2.05. The van der Waals surface area contributed by atoms with Crippen LogP contribution in [-0.4, -0.2) is 19.6 Å². The van der Waals surface area contributed by atoms with Crippen molar-refractivity contribution in [2.45, 2.75) is 6.92 Å². The van der Waals surface area contributed by atoms with E-state index in [0.717, 1.165) is 16.9 Å². The number of nitrogens with one attached hydrogen (secondary N) is 1. The lowest BCUT2D eigenvalue weighted by atomic mass is 10.1. The maximum atomic E-state index is 11.4. The highest BCUT2D eigenvalue weighted by atomic mass is 16.5. The molecule has 0 saturated carbocycles. The summed E-state index contributed by atoms with van der Waals surface area (Å²) in [7, 11) is 1.61. The summed E-state index contributed by atoms with van der Waals surface area (Å²) in [5.74, 6) is 0.608. The van der Waals surface area contributed by atoms with Crippen LogP contribution in [0.5, 0.6) is 5.75 Å². The van der Waals surface area contributed by atoms with Crippen LogP contribution >= 0.6 is 0 Å². The predicted molar refractivity (Wildman–Crippen MR) is 70.0 cm³/mol. The number of benzene rings is 1. The number of carbonyl (C=O) groups is 1. The van der Waals surface area contributed by atoms with Crippen molar-refractivity contribution >= 4 is 12.0 Å². The minimum absolute atomic E-state index is 0.145. The molecule has 1 amide bonds. The van der Waals surface area contributed by atoms with Crippen molar-refractivity contribution in [3.63, 3.8) is 0 Å². The fourth-order valence-electron chi connectivity index (χ4n) is 1.38. The summed E-state index contributed by atoms with van der Waals surface area (Å²) in [5.41, 5.74) is 2.01. The standard InChI is InChI=1S/C14H17NO2/c1-4-9-15-14(16)8-6-12-10-11(2)5-7-13(12)17-3/h4-8,10H,1,9H2,2-3H3,(H,15,16). The van der Waals surface area contributed by atoms with Crippen LogP contribution in [0, 0.1) is 6.92 Å². The number of methoxy groups -OCH3 is 1. The third-order valence-electron chi connectivity index (χ3n) is 2.22. The maximum absolute atomic E-state index is 11.4. The lowest BCUT2D eigenvalue weighted by molar-refractivity contribution is -0.116. The number of hydrogen-bond donors (Lipinski definition) is 1. The number of ether oxygens (including phenoxy) is 1. The average Bonchev–Trinajstić information content (AvgIpc) is 2.34. The number of carbonyl (C=O) groups excluding carboxylic acids is 1. The quantitative estimate of drug-likeness (QED) is 0.624. The summed E-state index contributed by atoms with van der Waals surface area (Å²) in [6.07, 6.45) is 4.87. The normalized spacial score (nSPS) is 10.2. The molecule has 1 N–H and O–H groups in total. The summed E-state index contributed by atoms with van der Waals surface area (Å²) >= 11 is 0. The Labute approximate surface area is 102 Å². The summed E-state index contributed by atoms with van der Waals surface area (Å²) < 4.78 is 5.21. The van der Waals surface area contributed by atoms with Crippen LogP contribution in [0.1, 0.15) is 11.1 Å². The largest absolute Gasteiger partial charge is 0.496 e. The van der Waals surface area contributed by atoms with Gasteiger partial charge in [0, 0.05) is 18.2 Å². The van der Waals surface area contributed by atoms with Gasteiger partial charge in [-0.15, -0.1) is 6.58 Å². The fourth-order valence-corrected chi connectivity index (χ4v) is 1.38. The molecule has 0 aromatic heterocycles. The Morgan fingerprint density at radius 1 is 1.53 bits per heavy atom. The smallest absolute Gasteiger partial charge is 0.244 e. The van der Waals surface area contributed by atoms with Crippen LogP contribution in [0.25, 0.3) is 6.08 Å². The molecule has 1 rings (SSSR count). The first-order chi connectivity index (χ1) is 8.17. The van der Waals surface area contributed by atoms with Gasteiger partial charge in [0.25, 0.3) is 0 Å². The average molecular weight is 231 g/mol. The van der Waals surface area contributed by atoms with Crippen LogP contribution in [0.4, 0.5) is 0 Å². The number of rotatable bonds is 5. The van der Waals surface area contributed by atoms with E-state index in [1.54, 1.807) is 19.3 Å². The van der Waals surface area contributed by atoms with E-state index in [9.17, 15) is 4.79 Å². The molecule has 0 spiro atoms. The number of aryl methyl sites for hydroxylation is 1. The Balaban J connectivity index is 2.79. The zero-order valence-corrected chi connectivity index (χ0v) is 10.2. The predicted octanol–water partition coefficient (Wildman–Crippen LogP) is 2.32. The molecule has 0 atom stereocenters. The molecule has 0 saturated heterocycles. The third kappa shape index (κ3) is 4.15. The summed E-state index contributed by atoms with van der Waals surface area (Å²) in [5, 5.41) is 2.67. The second-order valence-electron chi connectivity index (χ2n) is 3.61. The number of hydrogen-bond acceptors (Lipinski definition) is 2. The van der Waals surface area contributed by atoms with Gasteiger partial charge in [0.05, 0.1) is 7.11 Å². The van der Waals surface area contributed by atoms with E-state index in [4.69, 9.17) is 4.74 Å². The molecule has 3 nitrogen and oxygen atoms in total. The van der Waals surface area contributed by atoms with Crippen LogP contribution in [0.3, 0.4) is 0 Å². The Bertz CT molecular complexity index is 436. The van der Waals surface area contributed by atoms with Gasteiger partial charge in [0.1, 0.15) is 5.75 Å². The molecule has 0 bridgehead atoms. The zero-order chi connectivity index (χ0) is 12.7. The minimum atomic E-state index is -0.145. The molecule has 0 unspecified atom stereocenters. The molecule has 1 aromatic rings. The van der Waals surface area contributed by atoms with E-state index in [2.05, 4.69) is 11.9 Å². The maximum Gasteiger partial charge on any atom is 0.244 e. The SMILES string of the molecule is C=CCNC(=O)C=Cc1cc(C)ccc1OC. The summed E-state index contributed by atoms with van der Waals surface area (Å²) in [4.78, 5) is 11.4. The van der Waals surface area contributed by atoms with Crippen molar-refractivity contribution in [2.75, 3.05) is 13.7 Å². The molecule has 17 heavy (non-hydrogen) atoms. The van der Waals surface area contributed by atoms with Crippen molar-refractivity contribution < 1.29 is 9.53 Å². The van der Waals surface area contributed by atoms with Crippen molar-refractivity contribution in [3.05, 3.63) is 48.1 Å². The first-order valence-corrected chi connectivity index (χ1v) is 5.39. The van der Waals surface area contributed by atoms with Crippen LogP contribution in [0.2, 0.25) is 0 Å². The van der Waals surface area contributed by atoms with Gasteiger partial charge in [-0.25, -0.2) is 0 Å². The first kappa shape index (κ1) is 13.0. The molecule has 0 heterocycles. The molecule has 0 fully saturated rings. The number of amides is 1. The van der Waals surface area contributed by atoms with E-state index < -0.39 is 0 Å². The first-order valence-electron chi connectivity index (χ1n) is 5.39. The Morgan fingerprint density at radius 3 is 2.94 bits per heavy atom. The van der Waals surface area contributed by atoms with Gasteiger partial charge in [-0.1, -0.05) is 17.7 Å². The van der Waals surface area contributed by atoms with Gasteiger partial charge >= 0.3 is 0 Å². The minimum Gasteiger partial charge on any atom is -0.496 e. The molecular weight excluding hydrogens is 214 g/mol. The highest BCUT2D eigenvalue weighted by molar-refractivity contribution is 5.92. The molecule has 1 aromatic carbocycles. The molecule has 0 aliphatic heterocycles. The Hall–Kier alpha value is -2.03. The molecule has 3 heteroatoms. The van der Waals surface area contributed by atoms with E-state index in [1.807, 2.05) is 25.1 Å². The second-order valence-corrected chi connectivity index (χ2v) is 3.61. The third-order valence-corrected chi connectivity index (χ3v) is 2.22. The van der Waals surface area contributed by atoms with Gasteiger partial charge < -0.3 is 10.1 Å². The Kier molecular flexibility index (Phi) is 5.01. The summed E-state index contributed by atoms with van der Waals surface area (Å²) in [6, 6.07) is 5.82. The van der Waals surface area contributed by atoms with Gasteiger partial charge in [0.15, 0.2) is 0 Å². The van der Waals surface area contributed by atoms with E-state index in [-0.39, 0.29) is 5.91 Å².